The maximum atomic E-state index is 4.21. The van der Waals surface area contributed by atoms with Crippen molar-refractivity contribution < 1.29 is 0 Å². The predicted molar refractivity (Wildman–Crippen MR) is 83.1 cm³/mol. The van der Waals surface area contributed by atoms with E-state index in [1.165, 1.54) is 5.56 Å². The monoisotopic (exact) mass is 325 g/mol. The van der Waals surface area contributed by atoms with Crippen LogP contribution in [0.2, 0.25) is 0 Å². The van der Waals surface area contributed by atoms with E-state index < -0.39 is 0 Å². The molecule has 2 heterocycles. The highest BCUT2D eigenvalue weighted by Gasteiger charge is 2.37. The highest BCUT2D eigenvalue weighted by molar-refractivity contribution is 9.10. The number of piperidine rings is 1. The number of hydrogen-bond donors (Lipinski definition) is 2. The second-order valence-electron chi connectivity index (χ2n) is 6.89. The third-order valence-electron chi connectivity index (χ3n) is 3.55. The smallest absolute Gasteiger partial charge is 0.0410 e. The minimum absolute atomic E-state index is 0.189. The largest absolute Gasteiger partial charge is 0.310 e. The van der Waals surface area contributed by atoms with Crippen molar-refractivity contribution in [1.82, 2.24) is 15.6 Å². The Bertz CT molecular complexity index is 427. The molecule has 106 valence electrons. The van der Waals surface area contributed by atoms with Crippen molar-refractivity contribution in [3.8, 4) is 0 Å². The number of nitrogens with one attached hydrogen (secondary N) is 2. The molecule has 0 saturated carbocycles. The number of halogens is 1. The Kier molecular flexibility index (Phi) is 4.33. The lowest BCUT2D eigenvalue weighted by Crippen LogP contribution is -2.61. The summed E-state index contributed by atoms with van der Waals surface area (Å²) in [6, 6.07) is 2.67. The van der Waals surface area contributed by atoms with E-state index in [1.54, 1.807) is 0 Å². The molecule has 1 saturated heterocycles. The first-order valence-corrected chi connectivity index (χ1v) is 7.67. The maximum absolute atomic E-state index is 4.21. The van der Waals surface area contributed by atoms with Gasteiger partial charge in [-0.2, -0.15) is 0 Å². The number of pyridine rings is 1. The van der Waals surface area contributed by atoms with Crippen molar-refractivity contribution in [3.63, 3.8) is 0 Å². The van der Waals surface area contributed by atoms with E-state index >= 15 is 0 Å². The molecule has 0 atom stereocenters. The molecular formula is C15H24BrN3. The van der Waals surface area contributed by atoms with Gasteiger partial charge in [-0.3, -0.25) is 4.98 Å². The van der Waals surface area contributed by atoms with Gasteiger partial charge in [0.05, 0.1) is 0 Å². The number of aromatic nitrogens is 1. The molecule has 0 radical (unpaired) electrons. The van der Waals surface area contributed by atoms with Gasteiger partial charge in [0, 0.05) is 40.5 Å². The van der Waals surface area contributed by atoms with E-state index in [0.717, 1.165) is 23.9 Å². The van der Waals surface area contributed by atoms with Gasteiger partial charge in [0.2, 0.25) is 0 Å². The molecule has 3 nitrogen and oxygen atoms in total. The van der Waals surface area contributed by atoms with Gasteiger partial charge in [0.1, 0.15) is 0 Å². The predicted octanol–water partition coefficient (Wildman–Crippen LogP) is 3.24. The molecule has 1 aromatic rings. The van der Waals surface area contributed by atoms with Gasteiger partial charge in [-0.15, -0.1) is 0 Å². The van der Waals surface area contributed by atoms with Crippen molar-refractivity contribution in [2.75, 3.05) is 0 Å². The van der Waals surface area contributed by atoms with Crippen LogP contribution < -0.4 is 10.6 Å². The molecule has 19 heavy (non-hydrogen) atoms. The fourth-order valence-electron chi connectivity index (χ4n) is 3.28. The number of hydrogen-bond acceptors (Lipinski definition) is 3. The lowest BCUT2D eigenvalue weighted by atomic mass is 9.79. The molecule has 0 bridgehead atoms. The first-order valence-electron chi connectivity index (χ1n) is 6.88. The molecule has 1 aliphatic rings. The standard InChI is InChI=1S/C15H24BrN3/c1-14(2)6-13(7-15(3,4)19-14)18-9-11-5-12(16)10-17-8-11/h5,8,10,13,18-19H,6-7,9H2,1-4H3. The van der Waals surface area contributed by atoms with Crippen molar-refractivity contribution in [2.24, 2.45) is 0 Å². The number of nitrogens with zero attached hydrogens (tertiary/aromatic N) is 1. The van der Waals surface area contributed by atoms with Crippen molar-refractivity contribution in [2.45, 2.75) is 64.2 Å². The van der Waals surface area contributed by atoms with E-state index in [4.69, 9.17) is 0 Å². The molecule has 4 heteroatoms. The molecule has 2 rings (SSSR count). The molecule has 1 aliphatic heterocycles. The third-order valence-corrected chi connectivity index (χ3v) is 3.98. The fraction of sp³-hybridized carbons (Fsp3) is 0.667. The Balaban J connectivity index is 1.96. The SMILES string of the molecule is CC1(C)CC(NCc2cncc(Br)c2)CC(C)(C)N1. The average Bonchev–Trinajstić information content (AvgIpc) is 2.22. The zero-order valence-electron chi connectivity index (χ0n) is 12.3. The van der Waals surface area contributed by atoms with Gasteiger partial charge in [0.15, 0.2) is 0 Å². The van der Waals surface area contributed by atoms with Crippen LogP contribution in [0.4, 0.5) is 0 Å². The molecule has 0 aromatic carbocycles. The lowest BCUT2D eigenvalue weighted by Gasteiger charge is -2.46. The van der Waals surface area contributed by atoms with E-state index in [9.17, 15) is 0 Å². The number of rotatable bonds is 3. The van der Waals surface area contributed by atoms with Gasteiger partial charge in [-0.1, -0.05) is 0 Å². The van der Waals surface area contributed by atoms with Gasteiger partial charge >= 0.3 is 0 Å². The van der Waals surface area contributed by atoms with Crippen LogP contribution in [0.3, 0.4) is 0 Å². The van der Waals surface area contributed by atoms with Crippen LogP contribution in [0.25, 0.3) is 0 Å². The minimum Gasteiger partial charge on any atom is -0.310 e. The van der Waals surface area contributed by atoms with Gasteiger partial charge in [-0.05, 0) is 68.1 Å². The third kappa shape index (κ3) is 4.55. The van der Waals surface area contributed by atoms with Crippen molar-refractivity contribution in [1.29, 1.82) is 0 Å². The van der Waals surface area contributed by atoms with Crippen LogP contribution in [0.1, 0.15) is 46.1 Å². The summed E-state index contributed by atoms with van der Waals surface area (Å²) in [4.78, 5) is 4.21. The Morgan fingerprint density at radius 2 is 1.89 bits per heavy atom. The fourth-order valence-corrected chi connectivity index (χ4v) is 3.69. The zero-order chi connectivity index (χ0) is 14.1. The quantitative estimate of drug-likeness (QED) is 0.895. The average molecular weight is 326 g/mol. The summed E-state index contributed by atoms with van der Waals surface area (Å²) < 4.78 is 1.04. The lowest BCUT2D eigenvalue weighted by molar-refractivity contribution is 0.145. The summed E-state index contributed by atoms with van der Waals surface area (Å²) >= 11 is 3.46. The summed E-state index contributed by atoms with van der Waals surface area (Å²) in [5, 5.41) is 7.38. The molecule has 1 fully saturated rings. The summed E-state index contributed by atoms with van der Waals surface area (Å²) in [6.45, 7) is 10.0. The van der Waals surface area contributed by atoms with E-state index in [0.29, 0.717) is 6.04 Å². The summed E-state index contributed by atoms with van der Waals surface area (Å²) in [6.07, 6.45) is 6.05. The molecular weight excluding hydrogens is 302 g/mol. The Hall–Kier alpha value is -0.450. The van der Waals surface area contributed by atoms with Gasteiger partial charge in [0.25, 0.3) is 0 Å². The van der Waals surface area contributed by atoms with Crippen LogP contribution in [0.15, 0.2) is 22.9 Å². The minimum atomic E-state index is 0.189. The Morgan fingerprint density at radius 1 is 1.26 bits per heavy atom. The topological polar surface area (TPSA) is 37.0 Å². The van der Waals surface area contributed by atoms with E-state index in [-0.39, 0.29) is 11.1 Å². The Labute approximate surface area is 124 Å². The zero-order valence-corrected chi connectivity index (χ0v) is 13.8. The van der Waals surface area contributed by atoms with Crippen LogP contribution in [0, 0.1) is 0 Å². The highest BCUT2D eigenvalue weighted by atomic mass is 79.9. The van der Waals surface area contributed by atoms with Crippen molar-refractivity contribution >= 4 is 15.9 Å². The molecule has 0 aliphatic carbocycles. The molecule has 2 N–H and O–H groups in total. The second kappa shape index (κ2) is 5.51. The van der Waals surface area contributed by atoms with E-state index in [1.807, 2.05) is 12.4 Å². The summed E-state index contributed by atoms with van der Waals surface area (Å²) in [5.41, 5.74) is 1.60. The van der Waals surface area contributed by atoms with Gasteiger partial charge in [-0.25, -0.2) is 0 Å². The van der Waals surface area contributed by atoms with Crippen LogP contribution in [0.5, 0.6) is 0 Å². The second-order valence-corrected chi connectivity index (χ2v) is 7.81. The van der Waals surface area contributed by atoms with Crippen LogP contribution >= 0.6 is 15.9 Å². The molecule has 0 amide bonds. The van der Waals surface area contributed by atoms with Gasteiger partial charge < -0.3 is 10.6 Å². The van der Waals surface area contributed by atoms with Crippen LogP contribution in [-0.2, 0) is 6.54 Å². The summed E-state index contributed by atoms with van der Waals surface area (Å²) in [5.74, 6) is 0. The van der Waals surface area contributed by atoms with Crippen LogP contribution in [-0.4, -0.2) is 22.1 Å². The first kappa shape index (κ1) is 14.9. The first-order chi connectivity index (χ1) is 8.76. The molecule has 0 unspecified atom stereocenters. The molecule has 1 aromatic heterocycles. The maximum Gasteiger partial charge on any atom is 0.0410 e. The molecule has 0 spiro atoms. The summed E-state index contributed by atoms with van der Waals surface area (Å²) in [7, 11) is 0. The van der Waals surface area contributed by atoms with E-state index in [2.05, 4.69) is 65.3 Å². The van der Waals surface area contributed by atoms with Crippen molar-refractivity contribution in [3.05, 3.63) is 28.5 Å². The normalized spacial score (nSPS) is 22.4. The highest BCUT2D eigenvalue weighted by Crippen LogP contribution is 2.28. The Morgan fingerprint density at radius 3 is 2.47 bits per heavy atom.